The van der Waals surface area contributed by atoms with Crippen molar-refractivity contribution in [3.05, 3.63) is 0 Å². The summed E-state index contributed by atoms with van der Waals surface area (Å²) in [5.74, 6) is 0. The normalized spacial score (nSPS) is 26.1. The van der Waals surface area contributed by atoms with E-state index in [1.54, 1.807) is 0 Å². The molecule has 0 saturated carbocycles. The smallest absolute Gasteiger partial charge is 0.0702 e. The van der Waals surface area contributed by atoms with Crippen LogP contribution in [0, 0.1) is 0 Å². The number of likely N-dealkylation sites (N-methyl/N-ethyl adjacent to an activating group) is 2. The molecule has 0 aromatic heterocycles. The van der Waals surface area contributed by atoms with Crippen LogP contribution in [0.3, 0.4) is 0 Å². The highest BCUT2D eigenvalue weighted by atomic mass is 16.5. The van der Waals surface area contributed by atoms with Crippen molar-refractivity contribution in [2.75, 3.05) is 33.9 Å². The van der Waals surface area contributed by atoms with Gasteiger partial charge in [0.1, 0.15) is 0 Å². The van der Waals surface area contributed by atoms with E-state index in [1.165, 1.54) is 12.8 Å². The van der Waals surface area contributed by atoms with E-state index in [1.807, 2.05) is 7.05 Å². The van der Waals surface area contributed by atoms with Gasteiger partial charge < -0.3 is 20.1 Å². The SMILES string of the molecule is CNC(C)(CO)CC(C)N(C)CC1CCCO1. The van der Waals surface area contributed by atoms with Gasteiger partial charge in [-0.15, -0.1) is 0 Å². The molecule has 3 unspecified atom stereocenters. The lowest BCUT2D eigenvalue weighted by molar-refractivity contribution is 0.0596. The van der Waals surface area contributed by atoms with Gasteiger partial charge in [0.25, 0.3) is 0 Å². The molecule has 0 aromatic rings. The largest absolute Gasteiger partial charge is 0.394 e. The maximum atomic E-state index is 9.39. The van der Waals surface area contributed by atoms with Gasteiger partial charge in [-0.3, -0.25) is 0 Å². The predicted molar refractivity (Wildman–Crippen MR) is 70.2 cm³/mol. The second-order valence-corrected chi connectivity index (χ2v) is 5.60. The quantitative estimate of drug-likeness (QED) is 0.697. The Kier molecular flexibility index (Phi) is 5.86. The van der Waals surface area contributed by atoms with Crippen molar-refractivity contribution in [2.45, 2.75) is 50.8 Å². The van der Waals surface area contributed by atoms with E-state index in [9.17, 15) is 5.11 Å². The molecule has 4 heteroatoms. The van der Waals surface area contributed by atoms with E-state index < -0.39 is 0 Å². The summed E-state index contributed by atoms with van der Waals surface area (Å²) < 4.78 is 5.65. The van der Waals surface area contributed by atoms with Crippen LogP contribution in [0.25, 0.3) is 0 Å². The monoisotopic (exact) mass is 244 g/mol. The van der Waals surface area contributed by atoms with Crippen molar-refractivity contribution in [1.29, 1.82) is 0 Å². The van der Waals surface area contributed by atoms with Crippen LogP contribution in [0.1, 0.15) is 33.1 Å². The van der Waals surface area contributed by atoms with Crippen LogP contribution in [0.15, 0.2) is 0 Å². The first kappa shape index (κ1) is 14.9. The summed E-state index contributed by atoms with van der Waals surface area (Å²) in [6, 6.07) is 0.434. The first-order valence-electron chi connectivity index (χ1n) is 6.62. The lowest BCUT2D eigenvalue weighted by atomic mass is 9.94. The molecular formula is C13H28N2O2. The molecule has 0 spiro atoms. The van der Waals surface area contributed by atoms with Crippen LogP contribution < -0.4 is 5.32 Å². The zero-order valence-corrected chi connectivity index (χ0v) is 11.7. The lowest BCUT2D eigenvalue weighted by Crippen LogP contribution is -2.49. The molecule has 1 aliphatic heterocycles. The maximum Gasteiger partial charge on any atom is 0.0702 e. The Labute approximate surface area is 105 Å². The van der Waals surface area contributed by atoms with E-state index in [2.05, 4.69) is 31.1 Å². The van der Waals surface area contributed by atoms with E-state index in [-0.39, 0.29) is 12.1 Å². The second-order valence-electron chi connectivity index (χ2n) is 5.60. The van der Waals surface area contributed by atoms with Crippen molar-refractivity contribution in [1.82, 2.24) is 10.2 Å². The molecular weight excluding hydrogens is 216 g/mol. The summed E-state index contributed by atoms with van der Waals surface area (Å²) in [5.41, 5.74) is -0.190. The van der Waals surface area contributed by atoms with Crippen molar-refractivity contribution in [2.24, 2.45) is 0 Å². The Hall–Kier alpha value is -0.160. The molecule has 1 fully saturated rings. The third kappa shape index (κ3) is 4.54. The van der Waals surface area contributed by atoms with Gasteiger partial charge in [-0.2, -0.15) is 0 Å². The van der Waals surface area contributed by atoms with Gasteiger partial charge in [-0.05, 0) is 47.2 Å². The summed E-state index contributed by atoms with van der Waals surface area (Å²) in [6.07, 6.45) is 3.71. The fourth-order valence-corrected chi connectivity index (χ4v) is 2.34. The molecule has 1 heterocycles. The van der Waals surface area contributed by atoms with Gasteiger partial charge >= 0.3 is 0 Å². The van der Waals surface area contributed by atoms with Crippen molar-refractivity contribution in [3.8, 4) is 0 Å². The molecule has 102 valence electrons. The number of ether oxygens (including phenoxy) is 1. The van der Waals surface area contributed by atoms with Crippen LogP contribution in [-0.4, -0.2) is 61.5 Å². The third-order valence-electron chi connectivity index (χ3n) is 3.97. The van der Waals surface area contributed by atoms with Crippen molar-refractivity contribution >= 4 is 0 Å². The topological polar surface area (TPSA) is 44.7 Å². The molecule has 0 radical (unpaired) electrons. The van der Waals surface area contributed by atoms with Crippen LogP contribution in [0.5, 0.6) is 0 Å². The molecule has 2 N–H and O–H groups in total. The Balaban J connectivity index is 2.37. The molecule has 1 rings (SSSR count). The molecule has 1 saturated heterocycles. The molecule has 4 nitrogen and oxygen atoms in total. The zero-order valence-electron chi connectivity index (χ0n) is 11.7. The Bertz CT molecular complexity index is 213. The van der Waals surface area contributed by atoms with Gasteiger partial charge in [0.15, 0.2) is 0 Å². The summed E-state index contributed by atoms with van der Waals surface area (Å²) in [7, 11) is 4.04. The average molecular weight is 244 g/mol. The van der Waals surface area contributed by atoms with Crippen molar-refractivity contribution in [3.63, 3.8) is 0 Å². The van der Waals surface area contributed by atoms with Crippen LogP contribution in [0.4, 0.5) is 0 Å². The Morgan fingerprint density at radius 3 is 2.76 bits per heavy atom. The second kappa shape index (κ2) is 6.69. The van der Waals surface area contributed by atoms with Gasteiger partial charge in [0.05, 0.1) is 12.7 Å². The number of rotatable bonds is 7. The summed E-state index contributed by atoms with van der Waals surface area (Å²) in [6.45, 7) is 6.34. The van der Waals surface area contributed by atoms with Crippen LogP contribution in [-0.2, 0) is 4.74 Å². The van der Waals surface area contributed by atoms with E-state index >= 15 is 0 Å². The predicted octanol–water partition coefficient (Wildman–Crippen LogP) is 0.846. The molecule has 1 aliphatic rings. The third-order valence-corrected chi connectivity index (χ3v) is 3.97. The van der Waals surface area contributed by atoms with Gasteiger partial charge in [-0.25, -0.2) is 0 Å². The van der Waals surface area contributed by atoms with Crippen LogP contribution in [0.2, 0.25) is 0 Å². The molecule has 0 aliphatic carbocycles. The molecule has 0 bridgehead atoms. The van der Waals surface area contributed by atoms with E-state index in [0.29, 0.717) is 12.1 Å². The number of aliphatic hydroxyl groups is 1. The van der Waals surface area contributed by atoms with Crippen molar-refractivity contribution < 1.29 is 9.84 Å². The molecule has 17 heavy (non-hydrogen) atoms. The summed E-state index contributed by atoms with van der Waals surface area (Å²) >= 11 is 0. The van der Waals surface area contributed by atoms with Gasteiger partial charge in [-0.1, -0.05) is 0 Å². The minimum Gasteiger partial charge on any atom is -0.394 e. The highest BCUT2D eigenvalue weighted by molar-refractivity contribution is 4.86. The number of nitrogens with zero attached hydrogens (tertiary/aromatic N) is 1. The summed E-state index contributed by atoms with van der Waals surface area (Å²) in [5, 5.41) is 12.6. The van der Waals surface area contributed by atoms with Gasteiger partial charge in [0.2, 0.25) is 0 Å². The van der Waals surface area contributed by atoms with E-state index in [0.717, 1.165) is 19.6 Å². The minimum atomic E-state index is -0.190. The number of hydrogen-bond acceptors (Lipinski definition) is 4. The lowest BCUT2D eigenvalue weighted by Gasteiger charge is -2.35. The highest BCUT2D eigenvalue weighted by Crippen LogP contribution is 2.18. The van der Waals surface area contributed by atoms with Crippen LogP contribution >= 0.6 is 0 Å². The molecule has 3 atom stereocenters. The number of hydrogen-bond donors (Lipinski definition) is 2. The molecule has 0 aromatic carbocycles. The zero-order chi connectivity index (χ0) is 12.9. The minimum absolute atomic E-state index is 0.168. The average Bonchev–Trinajstić information content (AvgIpc) is 2.81. The standard InChI is InChI=1S/C13H28N2O2/c1-11(8-13(2,10-16)14-3)15(4)9-12-6-5-7-17-12/h11-12,14,16H,5-10H2,1-4H3. The Morgan fingerprint density at radius 1 is 1.59 bits per heavy atom. The van der Waals surface area contributed by atoms with E-state index in [4.69, 9.17) is 4.74 Å². The van der Waals surface area contributed by atoms with Gasteiger partial charge in [0, 0.05) is 24.7 Å². The number of aliphatic hydroxyl groups excluding tert-OH is 1. The molecule has 0 amide bonds. The first-order valence-corrected chi connectivity index (χ1v) is 6.62. The maximum absolute atomic E-state index is 9.39. The fourth-order valence-electron chi connectivity index (χ4n) is 2.34. The fraction of sp³-hybridized carbons (Fsp3) is 1.00. The Morgan fingerprint density at radius 2 is 2.29 bits per heavy atom. The number of nitrogens with one attached hydrogen (secondary N) is 1. The highest BCUT2D eigenvalue weighted by Gasteiger charge is 2.27. The summed E-state index contributed by atoms with van der Waals surface area (Å²) in [4.78, 5) is 2.33. The first-order chi connectivity index (χ1) is 8.00.